The van der Waals surface area contributed by atoms with Crippen molar-refractivity contribution < 1.29 is 4.79 Å². The number of hydrogen-bond acceptors (Lipinski definition) is 5. The molecule has 0 aliphatic carbocycles. The number of anilines is 2. The Hall–Kier alpha value is -3.32. The molecule has 0 radical (unpaired) electrons. The predicted molar refractivity (Wildman–Crippen MR) is 133 cm³/mol. The lowest BCUT2D eigenvalue weighted by atomic mass is 10.1. The Morgan fingerprint density at radius 3 is 2.53 bits per heavy atom. The minimum absolute atomic E-state index is 0.201. The van der Waals surface area contributed by atoms with Crippen molar-refractivity contribution in [3.8, 4) is 0 Å². The fourth-order valence-electron chi connectivity index (χ4n) is 3.51. The topological polar surface area (TPSA) is 81.1 Å². The highest BCUT2D eigenvalue weighted by molar-refractivity contribution is 7.99. The quantitative estimate of drug-likeness (QED) is 0.381. The summed E-state index contributed by atoms with van der Waals surface area (Å²) in [7, 11) is 0. The van der Waals surface area contributed by atoms with Gasteiger partial charge < -0.3 is 15.5 Å². The Balaban J connectivity index is 1.39. The molecule has 2 heterocycles. The van der Waals surface area contributed by atoms with E-state index in [1.165, 1.54) is 0 Å². The number of amidine groups is 1. The smallest absolute Gasteiger partial charge is 0.258 e. The normalized spacial score (nSPS) is 13.5. The van der Waals surface area contributed by atoms with Gasteiger partial charge in [0.2, 0.25) is 0 Å². The van der Waals surface area contributed by atoms with Crippen LogP contribution in [-0.4, -0.2) is 46.2 Å². The molecule has 0 saturated carbocycles. The first-order valence-corrected chi connectivity index (χ1v) is 11.8. The first-order valence-electron chi connectivity index (χ1n) is 10.7. The van der Waals surface area contributed by atoms with E-state index in [0.29, 0.717) is 23.8 Å². The van der Waals surface area contributed by atoms with Crippen LogP contribution in [0, 0.1) is 12.3 Å². The minimum Gasteiger partial charge on any atom is -0.380 e. The number of hydrogen-bond donors (Lipinski definition) is 3. The minimum atomic E-state index is -0.201. The predicted octanol–water partition coefficient (Wildman–Crippen LogP) is 4.63. The highest BCUT2D eigenvalue weighted by Crippen LogP contribution is 2.19. The van der Waals surface area contributed by atoms with Crippen molar-refractivity contribution in [1.29, 1.82) is 5.41 Å². The van der Waals surface area contributed by atoms with Gasteiger partial charge in [-0.15, -0.1) is 0 Å². The van der Waals surface area contributed by atoms with Crippen molar-refractivity contribution >= 4 is 35.0 Å². The molecular formula is C25H27N5OS. The summed E-state index contributed by atoms with van der Waals surface area (Å²) in [4.78, 5) is 19.2. The van der Waals surface area contributed by atoms with Gasteiger partial charge in [0, 0.05) is 48.6 Å². The molecule has 32 heavy (non-hydrogen) atoms. The fraction of sp³-hybridized carbons (Fsp3) is 0.240. The van der Waals surface area contributed by atoms with Gasteiger partial charge in [0.25, 0.3) is 5.91 Å². The maximum absolute atomic E-state index is 12.8. The average Bonchev–Trinajstić information content (AvgIpc) is 2.85. The molecule has 3 N–H and O–H groups in total. The molecule has 0 unspecified atom stereocenters. The molecule has 1 saturated heterocycles. The maximum atomic E-state index is 12.8. The van der Waals surface area contributed by atoms with E-state index in [0.717, 1.165) is 47.0 Å². The fourth-order valence-corrected chi connectivity index (χ4v) is 4.41. The summed E-state index contributed by atoms with van der Waals surface area (Å²) in [6, 6.07) is 19.2. The van der Waals surface area contributed by atoms with E-state index in [1.807, 2.05) is 67.2 Å². The zero-order valence-corrected chi connectivity index (χ0v) is 18.9. The van der Waals surface area contributed by atoms with Gasteiger partial charge in [-0.2, -0.15) is 11.8 Å². The third kappa shape index (κ3) is 5.48. The summed E-state index contributed by atoms with van der Waals surface area (Å²) in [6.07, 6.45) is 1.73. The van der Waals surface area contributed by atoms with E-state index in [-0.39, 0.29) is 5.91 Å². The van der Waals surface area contributed by atoms with Gasteiger partial charge >= 0.3 is 0 Å². The molecule has 0 bridgehead atoms. The van der Waals surface area contributed by atoms with E-state index >= 15 is 0 Å². The largest absolute Gasteiger partial charge is 0.380 e. The molecule has 3 aromatic rings. The molecule has 0 spiro atoms. The number of carbonyl (C=O) groups excluding carboxylic acids is 1. The van der Waals surface area contributed by atoms with E-state index in [1.54, 1.807) is 18.3 Å². The standard InChI is InChI=1S/C25H27N5OS/c1-18-6-11-23(28-16-18)29-25(31)21-4-2-3-5-22(21)27-17-19-7-9-20(10-8-19)24(26)30-12-14-32-15-13-30/h2-11,16,26-27H,12-15,17H2,1H3,(H,28,29,31). The summed E-state index contributed by atoms with van der Waals surface area (Å²) >= 11 is 1.94. The van der Waals surface area contributed by atoms with E-state index in [4.69, 9.17) is 5.41 Å². The van der Waals surface area contributed by atoms with Crippen LogP contribution in [-0.2, 0) is 6.54 Å². The number of para-hydroxylation sites is 1. The van der Waals surface area contributed by atoms with Crippen molar-refractivity contribution in [2.24, 2.45) is 0 Å². The van der Waals surface area contributed by atoms with Crippen LogP contribution < -0.4 is 10.6 Å². The van der Waals surface area contributed by atoms with Gasteiger partial charge in [0.1, 0.15) is 11.7 Å². The monoisotopic (exact) mass is 445 g/mol. The molecule has 4 rings (SSSR count). The van der Waals surface area contributed by atoms with Gasteiger partial charge in [-0.1, -0.05) is 42.5 Å². The lowest BCUT2D eigenvalue weighted by Crippen LogP contribution is -2.37. The van der Waals surface area contributed by atoms with Gasteiger partial charge in [-0.3, -0.25) is 10.2 Å². The van der Waals surface area contributed by atoms with E-state index < -0.39 is 0 Å². The third-order valence-corrected chi connectivity index (χ3v) is 6.30. The van der Waals surface area contributed by atoms with Crippen LogP contribution in [0.2, 0.25) is 0 Å². The zero-order valence-electron chi connectivity index (χ0n) is 18.1. The van der Waals surface area contributed by atoms with Crippen molar-refractivity contribution in [2.75, 3.05) is 35.2 Å². The molecule has 0 atom stereocenters. The number of benzene rings is 2. The zero-order chi connectivity index (χ0) is 22.3. The first-order chi connectivity index (χ1) is 15.6. The SMILES string of the molecule is Cc1ccc(NC(=O)c2ccccc2NCc2ccc(C(=N)N3CCSCC3)cc2)nc1. The number of nitrogens with zero attached hydrogens (tertiary/aromatic N) is 2. The molecular weight excluding hydrogens is 418 g/mol. The molecule has 1 amide bonds. The highest BCUT2D eigenvalue weighted by Gasteiger charge is 2.15. The second-order valence-electron chi connectivity index (χ2n) is 7.72. The summed E-state index contributed by atoms with van der Waals surface area (Å²) in [5.74, 6) is 3.08. The van der Waals surface area contributed by atoms with Crippen LogP contribution in [0.15, 0.2) is 66.9 Å². The van der Waals surface area contributed by atoms with Crippen molar-refractivity contribution in [1.82, 2.24) is 9.88 Å². The van der Waals surface area contributed by atoms with Gasteiger partial charge in [-0.05, 0) is 36.2 Å². The highest BCUT2D eigenvalue weighted by atomic mass is 32.2. The lowest BCUT2D eigenvalue weighted by Gasteiger charge is -2.28. The van der Waals surface area contributed by atoms with Gasteiger partial charge in [-0.25, -0.2) is 4.98 Å². The van der Waals surface area contributed by atoms with Crippen LogP contribution in [0.1, 0.15) is 27.0 Å². The molecule has 7 heteroatoms. The molecule has 2 aromatic carbocycles. The molecule has 1 aliphatic heterocycles. The van der Waals surface area contributed by atoms with Crippen LogP contribution in [0.3, 0.4) is 0 Å². The Morgan fingerprint density at radius 2 is 1.81 bits per heavy atom. The van der Waals surface area contributed by atoms with Crippen LogP contribution in [0.5, 0.6) is 0 Å². The number of thioether (sulfide) groups is 1. The second kappa shape index (κ2) is 10.3. The number of nitrogens with one attached hydrogen (secondary N) is 3. The van der Waals surface area contributed by atoms with Crippen molar-refractivity contribution in [3.63, 3.8) is 0 Å². The molecule has 1 fully saturated rings. The van der Waals surface area contributed by atoms with Crippen LogP contribution in [0.4, 0.5) is 11.5 Å². The number of pyridine rings is 1. The molecule has 1 aromatic heterocycles. The molecule has 6 nitrogen and oxygen atoms in total. The van der Waals surface area contributed by atoms with Crippen molar-refractivity contribution in [3.05, 3.63) is 89.1 Å². The summed E-state index contributed by atoms with van der Waals surface area (Å²) in [5.41, 5.74) is 4.40. The van der Waals surface area contributed by atoms with E-state index in [9.17, 15) is 4.79 Å². The molecule has 164 valence electrons. The summed E-state index contributed by atoms with van der Waals surface area (Å²) in [6.45, 7) is 4.41. The second-order valence-corrected chi connectivity index (χ2v) is 8.94. The van der Waals surface area contributed by atoms with Crippen LogP contribution in [0.25, 0.3) is 0 Å². The number of aryl methyl sites for hydroxylation is 1. The van der Waals surface area contributed by atoms with E-state index in [2.05, 4.69) is 20.5 Å². The lowest BCUT2D eigenvalue weighted by molar-refractivity contribution is 0.102. The maximum Gasteiger partial charge on any atom is 0.258 e. The average molecular weight is 446 g/mol. The first kappa shape index (κ1) is 21.9. The van der Waals surface area contributed by atoms with Crippen LogP contribution >= 0.6 is 11.8 Å². The number of carbonyl (C=O) groups is 1. The third-order valence-electron chi connectivity index (χ3n) is 5.36. The Kier molecular flexibility index (Phi) is 7.07. The summed E-state index contributed by atoms with van der Waals surface area (Å²) in [5, 5.41) is 14.7. The van der Waals surface area contributed by atoms with Gasteiger partial charge in [0.05, 0.1) is 5.56 Å². The Morgan fingerprint density at radius 1 is 1.06 bits per heavy atom. The Labute approximate surface area is 193 Å². The molecule has 1 aliphatic rings. The van der Waals surface area contributed by atoms with Crippen molar-refractivity contribution in [2.45, 2.75) is 13.5 Å². The summed E-state index contributed by atoms with van der Waals surface area (Å²) < 4.78 is 0. The Bertz CT molecular complexity index is 1080. The number of aromatic nitrogens is 1. The number of amides is 1. The van der Waals surface area contributed by atoms with Gasteiger partial charge in [0.15, 0.2) is 0 Å². The number of rotatable bonds is 6.